The fourth-order valence-corrected chi connectivity index (χ4v) is 2.58. The highest BCUT2D eigenvalue weighted by molar-refractivity contribution is 5.94. The van der Waals surface area contributed by atoms with Gasteiger partial charge >= 0.3 is 0 Å². The molecule has 0 spiro atoms. The van der Waals surface area contributed by atoms with E-state index in [1.54, 1.807) is 19.2 Å². The molecule has 1 amide bonds. The van der Waals surface area contributed by atoms with Crippen molar-refractivity contribution in [1.82, 2.24) is 5.32 Å². The number of amides is 1. The minimum Gasteiger partial charge on any atom is -0.497 e. The van der Waals surface area contributed by atoms with Gasteiger partial charge in [0.15, 0.2) is 0 Å². The number of hydrogen-bond acceptors (Lipinski definition) is 3. The molecule has 2 aromatic carbocycles. The first-order valence-corrected chi connectivity index (χ1v) is 7.43. The monoisotopic (exact) mass is 297 g/mol. The van der Waals surface area contributed by atoms with Crippen molar-refractivity contribution in [3.05, 3.63) is 59.2 Å². The number of nitrogens with one attached hydrogen (secondary N) is 1. The number of ether oxygens (including phenoxy) is 2. The van der Waals surface area contributed by atoms with E-state index >= 15 is 0 Å². The molecule has 1 aliphatic heterocycles. The Bertz CT molecular complexity index is 682. The van der Waals surface area contributed by atoms with Crippen LogP contribution in [0.5, 0.6) is 11.5 Å². The van der Waals surface area contributed by atoms with Gasteiger partial charge in [0, 0.05) is 18.5 Å². The van der Waals surface area contributed by atoms with Crippen molar-refractivity contribution in [3.8, 4) is 11.5 Å². The number of carbonyl (C=O) groups excluding carboxylic acids is 1. The summed E-state index contributed by atoms with van der Waals surface area (Å²) in [5.74, 6) is 1.60. The van der Waals surface area contributed by atoms with Gasteiger partial charge in [0.25, 0.3) is 5.91 Å². The summed E-state index contributed by atoms with van der Waals surface area (Å²) >= 11 is 0. The summed E-state index contributed by atoms with van der Waals surface area (Å²) in [5, 5.41) is 2.94. The van der Waals surface area contributed by atoms with Crippen LogP contribution in [0, 0.1) is 0 Å². The van der Waals surface area contributed by atoms with Gasteiger partial charge in [0.2, 0.25) is 0 Å². The van der Waals surface area contributed by atoms with Crippen LogP contribution in [0.2, 0.25) is 0 Å². The predicted molar refractivity (Wildman–Crippen MR) is 84.7 cm³/mol. The molecule has 22 heavy (non-hydrogen) atoms. The second-order valence-corrected chi connectivity index (χ2v) is 5.28. The minimum atomic E-state index is -0.0802. The smallest absolute Gasteiger partial charge is 0.251 e. The van der Waals surface area contributed by atoms with Gasteiger partial charge in [-0.25, -0.2) is 0 Å². The Kier molecular flexibility index (Phi) is 4.28. The summed E-state index contributed by atoms with van der Waals surface area (Å²) in [5.41, 5.74) is 3.09. The molecule has 0 fully saturated rings. The summed E-state index contributed by atoms with van der Waals surface area (Å²) in [4.78, 5) is 12.1. The summed E-state index contributed by atoms with van der Waals surface area (Å²) < 4.78 is 10.6. The third-order valence-electron chi connectivity index (χ3n) is 3.79. The zero-order chi connectivity index (χ0) is 15.4. The van der Waals surface area contributed by atoms with Gasteiger partial charge in [-0.1, -0.05) is 18.2 Å². The molecule has 0 bridgehead atoms. The van der Waals surface area contributed by atoms with Crippen LogP contribution in [0.3, 0.4) is 0 Å². The standard InChI is InChI=1S/C18H19NO3/c1-21-16-4-2-3-15(12-16)18(20)19-9-7-13-5-6-17-14(11-13)8-10-22-17/h2-6,11-12H,7-10H2,1H3,(H,19,20). The average Bonchev–Trinajstić information content (AvgIpc) is 3.02. The van der Waals surface area contributed by atoms with Gasteiger partial charge in [0.1, 0.15) is 11.5 Å². The topological polar surface area (TPSA) is 47.6 Å². The quantitative estimate of drug-likeness (QED) is 0.923. The molecule has 4 nitrogen and oxygen atoms in total. The molecule has 2 aromatic rings. The molecule has 0 saturated carbocycles. The lowest BCUT2D eigenvalue weighted by molar-refractivity contribution is 0.0954. The van der Waals surface area contributed by atoms with Crippen LogP contribution >= 0.6 is 0 Å². The first-order valence-electron chi connectivity index (χ1n) is 7.43. The van der Waals surface area contributed by atoms with Gasteiger partial charge in [-0.05, 0) is 41.8 Å². The van der Waals surface area contributed by atoms with Gasteiger partial charge in [-0.2, -0.15) is 0 Å². The first kappa shape index (κ1) is 14.4. The molecule has 0 aromatic heterocycles. The summed E-state index contributed by atoms with van der Waals surface area (Å²) in [6.07, 6.45) is 1.78. The van der Waals surface area contributed by atoms with Crippen LogP contribution < -0.4 is 14.8 Å². The predicted octanol–water partition coefficient (Wildman–Crippen LogP) is 2.60. The lowest BCUT2D eigenvalue weighted by Gasteiger charge is -2.08. The van der Waals surface area contributed by atoms with Gasteiger partial charge in [0.05, 0.1) is 13.7 Å². The largest absolute Gasteiger partial charge is 0.497 e. The Morgan fingerprint density at radius 2 is 2.18 bits per heavy atom. The molecule has 1 N–H and O–H groups in total. The van der Waals surface area contributed by atoms with Crippen LogP contribution in [-0.2, 0) is 12.8 Å². The molecule has 0 unspecified atom stereocenters. The molecule has 0 radical (unpaired) electrons. The minimum absolute atomic E-state index is 0.0802. The second-order valence-electron chi connectivity index (χ2n) is 5.28. The van der Waals surface area contributed by atoms with Crippen LogP contribution in [0.4, 0.5) is 0 Å². The molecule has 1 aliphatic rings. The van der Waals surface area contributed by atoms with E-state index in [2.05, 4.69) is 17.4 Å². The van der Waals surface area contributed by atoms with E-state index in [0.717, 1.165) is 25.2 Å². The Balaban J connectivity index is 1.55. The third kappa shape index (κ3) is 3.22. The van der Waals surface area contributed by atoms with E-state index in [0.29, 0.717) is 17.9 Å². The number of carbonyl (C=O) groups is 1. The number of methoxy groups -OCH3 is 1. The van der Waals surface area contributed by atoms with Crippen LogP contribution in [0.25, 0.3) is 0 Å². The van der Waals surface area contributed by atoms with Gasteiger partial charge in [-0.3, -0.25) is 4.79 Å². The maximum Gasteiger partial charge on any atom is 0.251 e. The van der Waals surface area contributed by atoms with E-state index in [-0.39, 0.29) is 5.91 Å². The Morgan fingerprint density at radius 3 is 3.05 bits per heavy atom. The highest BCUT2D eigenvalue weighted by Gasteiger charge is 2.12. The van der Waals surface area contributed by atoms with Crippen molar-refractivity contribution in [2.75, 3.05) is 20.3 Å². The molecule has 114 valence electrons. The van der Waals surface area contributed by atoms with Gasteiger partial charge in [-0.15, -0.1) is 0 Å². The van der Waals surface area contributed by atoms with Crippen LogP contribution in [0.15, 0.2) is 42.5 Å². The van der Waals surface area contributed by atoms with Gasteiger partial charge < -0.3 is 14.8 Å². The Hall–Kier alpha value is -2.49. The number of fused-ring (bicyclic) bond motifs is 1. The zero-order valence-electron chi connectivity index (χ0n) is 12.6. The van der Waals surface area contributed by atoms with E-state index < -0.39 is 0 Å². The molecule has 3 rings (SSSR count). The van der Waals surface area contributed by atoms with Crippen molar-refractivity contribution in [1.29, 1.82) is 0 Å². The lowest BCUT2D eigenvalue weighted by atomic mass is 10.1. The van der Waals surface area contributed by atoms with E-state index in [1.807, 2.05) is 18.2 Å². The maximum absolute atomic E-state index is 12.1. The molecule has 0 aliphatic carbocycles. The van der Waals surface area contributed by atoms with E-state index in [4.69, 9.17) is 9.47 Å². The fraction of sp³-hybridized carbons (Fsp3) is 0.278. The van der Waals surface area contributed by atoms with Crippen molar-refractivity contribution < 1.29 is 14.3 Å². The Labute approximate surface area is 130 Å². The number of hydrogen-bond donors (Lipinski definition) is 1. The zero-order valence-corrected chi connectivity index (χ0v) is 12.6. The van der Waals surface area contributed by atoms with E-state index in [9.17, 15) is 4.79 Å². The lowest BCUT2D eigenvalue weighted by Crippen LogP contribution is -2.25. The second kappa shape index (κ2) is 6.52. The van der Waals surface area contributed by atoms with Crippen molar-refractivity contribution in [2.45, 2.75) is 12.8 Å². The molecular formula is C18H19NO3. The highest BCUT2D eigenvalue weighted by atomic mass is 16.5. The summed E-state index contributed by atoms with van der Waals surface area (Å²) in [7, 11) is 1.59. The van der Waals surface area contributed by atoms with Crippen LogP contribution in [-0.4, -0.2) is 26.2 Å². The summed E-state index contributed by atoms with van der Waals surface area (Å²) in [6.45, 7) is 1.38. The molecule has 1 heterocycles. The first-order chi connectivity index (χ1) is 10.8. The number of benzene rings is 2. The summed E-state index contributed by atoms with van der Waals surface area (Å²) in [6, 6.07) is 13.4. The molecular weight excluding hydrogens is 278 g/mol. The third-order valence-corrected chi connectivity index (χ3v) is 3.79. The van der Waals surface area contributed by atoms with E-state index in [1.165, 1.54) is 11.1 Å². The molecule has 0 saturated heterocycles. The fourth-order valence-electron chi connectivity index (χ4n) is 2.58. The van der Waals surface area contributed by atoms with Crippen molar-refractivity contribution >= 4 is 5.91 Å². The van der Waals surface area contributed by atoms with Crippen molar-refractivity contribution in [2.24, 2.45) is 0 Å². The maximum atomic E-state index is 12.1. The Morgan fingerprint density at radius 1 is 1.27 bits per heavy atom. The highest BCUT2D eigenvalue weighted by Crippen LogP contribution is 2.25. The number of rotatable bonds is 5. The van der Waals surface area contributed by atoms with Crippen molar-refractivity contribution in [3.63, 3.8) is 0 Å². The van der Waals surface area contributed by atoms with Crippen LogP contribution in [0.1, 0.15) is 21.5 Å². The molecule has 0 atom stereocenters. The normalized spacial score (nSPS) is 12.4. The SMILES string of the molecule is COc1cccc(C(=O)NCCc2ccc3c(c2)CCO3)c1. The molecule has 4 heteroatoms. The average molecular weight is 297 g/mol.